The first-order valence-electron chi connectivity index (χ1n) is 7.37. The standard InChI is InChI=1S/C15H21N5O/c21-15(16-12-14-17-19-20-18-14)11-7-2-1-4-8-13-9-5-3-6-10-13/h3,5-6,9-10H,1-2,4,7-8,11-12H2,(H,16,21)(H,17,18,19,20). The van der Waals surface area contributed by atoms with E-state index < -0.39 is 0 Å². The highest BCUT2D eigenvalue weighted by Crippen LogP contribution is 2.08. The molecule has 1 aromatic heterocycles. The molecule has 0 bridgehead atoms. The second kappa shape index (κ2) is 8.84. The number of nitrogens with one attached hydrogen (secondary N) is 2. The summed E-state index contributed by atoms with van der Waals surface area (Å²) in [6.45, 7) is 0.337. The number of rotatable bonds is 9. The van der Waals surface area contributed by atoms with Gasteiger partial charge in [-0.05, 0) is 24.8 Å². The molecule has 0 aliphatic carbocycles. The predicted octanol–water partition coefficient (Wildman–Crippen LogP) is 2.01. The Hall–Kier alpha value is -2.24. The monoisotopic (exact) mass is 287 g/mol. The Morgan fingerprint density at radius 3 is 2.67 bits per heavy atom. The van der Waals surface area contributed by atoms with Crippen LogP contribution in [0.5, 0.6) is 0 Å². The van der Waals surface area contributed by atoms with Crippen LogP contribution >= 0.6 is 0 Å². The molecule has 21 heavy (non-hydrogen) atoms. The lowest BCUT2D eigenvalue weighted by atomic mass is 10.1. The third-order valence-corrected chi connectivity index (χ3v) is 3.29. The van der Waals surface area contributed by atoms with Crippen LogP contribution in [0.3, 0.4) is 0 Å². The van der Waals surface area contributed by atoms with Crippen LogP contribution in [0.25, 0.3) is 0 Å². The van der Waals surface area contributed by atoms with Crippen LogP contribution in [-0.4, -0.2) is 26.5 Å². The summed E-state index contributed by atoms with van der Waals surface area (Å²) < 4.78 is 0. The van der Waals surface area contributed by atoms with E-state index in [0.717, 1.165) is 25.7 Å². The number of benzene rings is 1. The molecule has 0 radical (unpaired) electrons. The first-order chi connectivity index (χ1) is 10.3. The minimum atomic E-state index is 0.0443. The van der Waals surface area contributed by atoms with Crippen molar-refractivity contribution in [2.75, 3.05) is 0 Å². The number of unbranched alkanes of at least 4 members (excludes halogenated alkanes) is 3. The lowest BCUT2D eigenvalue weighted by molar-refractivity contribution is -0.121. The van der Waals surface area contributed by atoms with Gasteiger partial charge in [0.2, 0.25) is 5.91 Å². The molecule has 1 heterocycles. The smallest absolute Gasteiger partial charge is 0.220 e. The highest BCUT2D eigenvalue weighted by Gasteiger charge is 2.03. The van der Waals surface area contributed by atoms with E-state index in [2.05, 4.69) is 50.2 Å². The van der Waals surface area contributed by atoms with Gasteiger partial charge in [-0.25, -0.2) is 0 Å². The zero-order valence-electron chi connectivity index (χ0n) is 12.1. The van der Waals surface area contributed by atoms with Gasteiger partial charge in [0.15, 0.2) is 5.82 Å². The quantitative estimate of drug-likeness (QED) is 0.691. The van der Waals surface area contributed by atoms with Gasteiger partial charge in [-0.15, -0.1) is 10.2 Å². The molecule has 0 aliphatic heterocycles. The van der Waals surface area contributed by atoms with Gasteiger partial charge in [-0.1, -0.05) is 48.4 Å². The number of aromatic nitrogens is 4. The minimum Gasteiger partial charge on any atom is -0.349 e. The van der Waals surface area contributed by atoms with Crippen molar-refractivity contribution in [2.24, 2.45) is 0 Å². The highest BCUT2D eigenvalue weighted by molar-refractivity contribution is 5.75. The Kier molecular flexibility index (Phi) is 6.38. The molecule has 0 saturated heterocycles. The summed E-state index contributed by atoms with van der Waals surface area (Å²) in [4.78, 5) is 11.6. The number of aromatic amines is 1. The number of aryl methyl sites for hydroxylation is 1. The van der Waals surface area contributed by atoms with Gasteiger partial charge in [0.25, 0.3) is 0 Å². The summed E-state index contributed by atoms with van der Waals surface area (Å²) >= 11 is 0. The number of H-pyrrole nitrogens is 1. The van der Waals surface area contributed by atoms with Crippen LogP contribution in [0.4, 0.5) is 0 Å². The van der Waals surface area contributed by atoms with E-state index in [1.54, 1.807) is 0 Å². The predicted molar refractivity (Wildman–Crippen MR) is 79.3 cm³/mol. The number of hydrogen-bond acceptors (Lipinski definition) is 4. The zero-order chi connectivity index (χ0) is 14.8. The average molecular weight is 287 g/mol. The van der Waals surface area contributed by atoms with E-state index in [1.165, 1.54) is 12.0 Å². The maximum atomic E-state index is 11.6. The summed E-state index contributed by atoms with van der Waals surface area (Å²) in [6, 6.07) is 10.5. The Labute approximate surface area is 124 Å². The van der Waals surface area contributed by atoms with E-state index in [-0.39, 0.29) is 5.91 Å². The largest absolute Gasteiger partial charge is 0.349 e. The van der Waals surface area contributed by atoms with Gasteiger partial charge in [-0.3, -0.25) is 4.79 Å². The molecular weight excluding hydrogens is 266 g/mol. The summed E-state index contributed by atoms with van der Waals surface area (Å²) in [5, 5.41) is 16.1. The van der Waals surface area contributed by atoms with E-state index in [9.17, 15) is 4.79 Å². The third kappa shape index (κ3) is 6.16. The Balaban J connectivity index is 1.47. The maximum Gasteiger partial charge on any atom is 0.220 e. The molecule has 0 spiro atoms. The van der Waals surface area contributed by atoms with Crippen molar-refractivity contribution in [3.63, 3.8) is 0 Å². The topological polar surface area (TPSA) is 83.6 Å². The first-order valence-corrected chi connectivity index (χ1v) is 7.37. The van der Waals surface area contributed by atoms with E-state index in [4.69, 9.17) is 0 Å². The van der Waals surface area contributed by atoms with Gasteiger partial charge in [-0.2, -0.15) is 5.21 Å². The summed E-state index contributed by atoms with van der Waals surface area (Å²) in [5.41, 5.74) is 1.38. The normalized spacial score (nSPS) is 10.5. The second-order valence-corrected chi connectivity index (χ2v) is 5.00. The van der Waals surface area contributed by atoms with Crippen molar-refractivity contribution in [3.8, 4) is 0 Å². The first kappa shape index (κ1) is 15.2. The fourth-order valence-corrected chi connectivity index (χ4v) is 2.14. The van der Waals surface area contributed by atoms with E-state index in [1.807, 2.05) is 6.07 Å². The fourth-order valence-electron chi connectivity index (χ4n) is 2.14. The zero-order valence-corrected chi connectivity index (χ0v) is 12.1. The SMILES string of the molecule is O=C(CCCCCCc1ccccc1)NCc1nn[nH]n1. The lowest BCUT2D eigenvalue weighted by Crippen LogP contribution is -2.23. The van der Waals surface area contributed by atoms with Gasteiger partial charge in [0.05, 0.1) is 6.54 Å². The van der Waals surface area contributed by atoms with Gasteiger partial charge >= 0.3 is 0 Å². The molecule has 0 atom stereocenters. The number of tetrazole rings is 1. The molecule has 0 unspecified atom stereocenters. The number of hydrogen-bond donors (Lipinski definition) is 2. The Morgan fingerprint density at radius 2 is 1.90 bits per heavy atom. The van der Waals surface area contributed by atoms with Crippen molar-refractivity contribution in [1.29, 1.82) is 0 Å². The second-order valence-electron chi connectivity index (χ2n) is 5.00. The molecular formula is C15H21N5O. The van der Waals surface area contributed by atoms with Crippen molar-refractivity contribution in [1.82, 2.24) is 25.9 Å². The molecule has 6 heteroatoms. The van der Waals surface area contributed by atoms with Crippen LogP contribution in [0.2, 0.25) is 0 Å². The molecule has 0 aliphatic rings. The van der Waals surface area contributed by atoms with Crippen LogP contribution in [-0.2, 0) is 17.8 Å². The molecule has 112 valence electrons. The number of carbonyl (C=O) groups excluding carboxylic acids is 1. The van der Waals surface area contributed by atoms with Gasteiger partial charge in [0.1, 0.15) is 0 Å². The maximum absolute atomic E-state index is 11.6. The van der Waals surface area contributed by atoms with Crippen LogP contribution in [0, 0.1) is 0 Å². The molecule has 2 rings (SSSR count). The van der Waals surface area contributed by atoms with Crippen molar-refractivity contribution in [2.45, 2.75) is 45.1 Å². The van der Waals surface area contributed by atoms with Crippen molar-refractivity contribution in [3.05, 3.63) is 41.7 Å². The molecule has 0 fully saturated rings. The molecule has 1 amide bonds. The Bertz CT molecular complexity index is 512. The van der Waals surface area contributed by atoms with Crippen LogP contribution in [0.15, 0.2) is 30.3 Å². The number of carbonyl (C=O) groups is 1. The van der Waals surface area contributed by atoms with Crippen molar-refractivity contribution >= 4 is 5.91 Å². The molecule has 2 aromatic rings. The lowest BCUT2D eigenvalue weighted by Gasteiger charge is -2.03. The number of amides is 1. The van der Waals surface area contributed by atoms with Crippen LogP contribution < -0.4 is 5.32 Å². The Morgan fingerprint density at radius 1 is 1.10 bits per heavy atom. The summed E-state index contributed by atoms with van der Waals surface area (Å²) in [7, 11) is 0. The van der Waals surface area contributed by atoms with Crippen molar-refractivity contribution < 1.29 is 4.79 Å². The molecule has 6 nitrogen and oxygen atoms in total. The summed E-state index contributed by atoms with van der Waals surface area (Å²) in [5.74, 6) is 0.550. The summed E-state index contributed by atoms with van der Waals surface area (Å²) in [6.07, 6.45) is 6.02. The van der Waals surface area contributed by atoms with E-state index in [0.29, 0.717) is 18.8 Å². The molecule has 0 saturated carbocycles. The fraction of sp³-hybridized carbons (Fsp3) is 0.467. The number of nitrogens with zero attached hydrogens (tertiary/aromatic N) is 3. The minimum absolute atomic E-state index is 0.0443. The molecule has 1 aromatic carbocycles. The highest BCUT2D eigenvalue weighted by atomic mass is 16.1. The van der Waals surface area contributed by atoms with E-state index >= 15 is 0 Å². The van der Waals surface area contributed by atoms with Gasteiger partial charge < -0.3 is 5.32 Å². The van der Waals surface area contributed by atoms with Crippen LogP contribution in [0.1, 0.15) is 43.5 Å². The average Bonchev–Trinajstić information content (AvgIpc) is 3.03. The third-order valence-electron chi connectivity index (χ3n) is 3.29. The van der Waals surface area contributed by atoms with Gasteiger partial charge in [0, 0.05) is 6.42 Å². The molecule has 2 N–H and O–H groups in total.